The quantitative estimate of drug-likeness (QED) is 0.811. The predicted octanol–water partition coefficient (Wildman–Crippen LogP) is 2.91. The van der Waals surface area contributed by atoms with Crippen molar-refractivity contribution in [2.45, 2.75) is 13.8 Å². The molecule has 0 bridgehead atoms. The fourth-order valence-electron chi connectivity index (χ4n) is 1.79. The molecule has 2 aromatic carbocycles. The molecule has 0 unspecified atom stereocenters. The lowest BCUT2D eigenvalue weighted by Crippen LogP contribution is -2.12. The molecule has 0 aliphatic carbocycles. The Bertz CT molecular complexity index is 678. The predicted molar refractivity (Wildman–Crippen MR) is 81.5 cm³/mol. The van der Waals surface area contributed by atoms with Crippen molar-refractivity contribution in [2.75, 3.05) is 10.6 Å². The first-order valence-electron chi connectivity index (χ1n) is 6.44. The molecule has 0 saturated heterocycles. The molecule has 21 heavy (non-hydrogen) atoms. The van der Waals surface area contributed by atoms with Gasteiger partial charge in [-0.2, -0.15) is 0 Å². The lowest BCUT2D eigenvalue weighted by atomic mass is 10.1. The Morgan fingerprint density at radius 2 is 1.52 bits per heavy atom. The van der Waals surface area contributed by atoms with Gasteiger partial charge in [0, 0.05) is 23.9 Å². The fourth-order valence-corrected chi connectivity index (χ4v) is 1.79. The summed E-state index contributed by atoms with van der Waals surface area (Å²) < 4.78 is 0. The van der Waals surface area contributed by atoms with E-state index in [1.807, 2.05) is 0 Å². The highest BCUT2D eigenvalue weighted by atomic mass is 16.3. The average Bonchev–Trinajstić information content (AvgIpc) is 2.43. The third kappa shape index (κ3) is 3.82. The Labute approximate surface area is 122 Å². The molecule has 0 atom stereocenters. The minimum absolute atomic E-state index is 0.0867. The summed E-state index contributed by atoms with van der Waals surface area (Å²) in [5.41, 5.74) is 2.36. The number of phenolic OH excluding ortho intramolecular Hbond substituents is 1. The van der Waals surface area contributed by atoms with Crippen LogP contribution in [0.3, 0.4) is 0 Å². The average molecular weight is 284 g/mol. The number of rotatable bonds is 3. The van der Waals surface area contributed by atoms with Gasteiger partial charge in [0.15, 0.2) is 0 Å². The van der Waals surface area contributed by atoms with Gasteiger partial charge in [-0.15, -0.1) is 0 Å². The number of carbonyl (C=O) groups is 2. The molecule has 0 aliphatic heterocycles. The number of nitrogens with one attached hydrogen (secondary N) is 2. The smallest absolute Gasteiger partial charge is 0.255 e. The molecule has 2 amide bonds. The van der Waals surface area contributed by atoms with Crippen LogP contribution in [0.15, 0.2) is 42.5 Å². The first-order valence-corrected chi connectivity index (χ1v) is 6.44. The third-order valence-corrected chi connectivity index (χ3v) is 2.93. The number of hydrogen-bond donors (Lipinski definition) is 3. The van der Waals surface area contributed by atoms with Gasteiger partial charge in [0.05, 0.1) is 0 Å². The van der Waals surface area contributed by atoms with Crippen LogP contribution in [0.25, 0.3) is 0 Å². The Hall–Kier alpha value is -2.82. The number of amides is 2. The highest BCUT2D eigenvalue weighted by Gasteiger charge is 2.08. The zero-order valence-corrected chi connectivity index (χ0v) is 11.8. The van der Waals surface area contributed by atoms with Crippen LogP contribution in [0, 0.1) is 6.92 Å². The zero-order chi connectivity index (χ0) is 15.4. The lowest BCUT2D eigenvalue weighted by molar-refractivity contribution is -0.114. The zero-order valence-electron chi connectivity index (χ0n) is 11.8. The molecule has 0 spiro atoms. The minimum atomic E-state index is -0.308. The summed E-state index contributed by atoms with van der Waals surface area (Å²) in [5.74, 6) is -0.372. The van der Waals surface area contributed by atoms with Crippen LogP contribution >= 0.6 is 0 Å². The van der Waals surface area contributed by atoms with E-state index >= 15 is 0 Å². The van der Waals surface area contributed by atoms with E-state index in [2.05, 4.69) is 10.6 Å². The first-order chi connectivity index (χ1) is 9.95. The Kier molecular flexibility index (Phi) is 4.23. The van der Waals surface area contributed by atoms with Gasteiger partial charge in [0.25, 0.3) is 5.91 Å². The molecule has 5 heteroatoms. The van der Waals surface area contributed by atoms with Gasteiger partial charge in [0.2, 0.25) is 5.91 Å². The van der Waals surface area contributed by atoms with Crippen molar-refractivity contribution in [1.29, 1.82) is 0 Å². The second-order valence-corrected chi connectivity index (χ2v) is 4.71. The SMILES string of the molecule is CC(=O)Nc1ccc(NC(=O)c2ccc(C)c(O)c2)cc1. The monoisotopic (exact) mass is 284 g/mol. The summed E-state index contributed by atoms with van der Waals surface area (Å²) in [5, 5.41) is 15.0. The van der Waals surface area contributed by atoms with Gasteiger partial charge in [-0.1, -0.05) is 6.07 Å². The van der Waals surface area contributed by atoms with E-state index in [4.69, 9.17) is 0 Å². The van der Waals surface area contributed by atoms with Crippen molar-refractivity contribution >= 4 is 23.2 Å². The Balaban J connectivity index is 2.08. The largest absolute Gasteiger partial charge is 0.508 e. The Morgan fingerprint density at radius 1 is 0.952 bits per heavy atom. The van der Waals surface area contributed by atoms with E-state index in [9.17, 15) is 14.7 Å². The number of aromatic hydroxyl groups is 1. The summed E-state index contributed by atoms with van der Waals surface area (Å²) in [6.07, 6.45) is 0. The van der Waals surface area contributed by atoms with Gasteiger partial charge in [-0.3, -0.25) is 9.59 Å². The molecule has 0 radical (unpaired) electrons. The van der Waals surface area contributed by atoms with Crippen LogP contribution in [0.5, 0.6) is 5.75 Å². The van der Waals surface area contributed by atoms with Crippen LogP contribution in [-0.2, 0) is 4.79 Å². The fraction of sp³-hybridized carbons (Fsp3) is 0.125. The highest BCUT2D eigenvalue weighted by Crippen LogP contribution is 2.19. The second kappa shape index (κ2) is 6.09. The van der Waals surface area contributed by atoms with Crippen LogP contribution in [0.4, 0.5) is 11.4 Å². The van der Waals surface area contributed by atoms with Crippen molar-refractivity contribution in [1.82, 2.24) is 0 Å². The van der Waals surface area contributed by atoms with E-state index < -0.39 is 0 Å². The van der Waals surface area contributed by atoms with Gasteiger partial charge in [-0.05, 0) is 48.9 Å². The number of phenols is 1. The number of carbonyl (C=O) groups excluding carboxylic acids is 2. The highest BCUT2D eigenvalue weighted by molar-refractivity contribution is 6.04. The molecule has 0 fully saturated rings. The van der Waals surface area contributed by atoms with Crippen LogP contribution in [0.1, 0.15) is 22.8 Å². The Morgan fingerprint density at radius 3 is 2.05 bits per heavy atom. The third-order valence-electron chi connectivity index (χ3n) is 2.93. The van der Waals surface area contributed by atoms with Crippen LogP contribution in [0.2, 0.25) is 0 Å². The van der Waals surface area contributed by atoms with E-state index in [1.54, 1.807) is 43.3 Å². The number of benzene rings is 2. The van der Waals surface area contributed by atoms with Gasteiger partial charge < -0.3 is 15.7 Å². The van der Waals surface area contributed by atoms with Crippen molar-refractivity contribution in [3.63, 3.8) is 0 Å². The number of aryl methyl sites for hydroxylation is 1. The van der Waals surface area contributed by atoms with Gasteiger partial charge in [-0.25, -0.2) is 0 Å². The number of anilines is 2. The minimum Gasteiger partial charge on any atom is -0.508 e. The molecular formula is C16H16N2O3. The molecule has 3 N–H and O–H groups in total. The van der Waals surface area contributed by atoms with Crippen LogP contribution < -0.4 is 10.6 Å². The lowest BCUT2D eigenvalue weighted by Gasteiger charge is -2.08. The summed E-state index contributed by atoms with van der Waals surface area (Å²) in [6.45, 7) is 3.19. The maximum absolute atomic E-state index is 12.0. The van der Waals surface area contributed by atoms with Crippen molar-refractivity contribution in [3.05, 3.63) is 53.6 Å². The summed E-state index contributed by atoms with van der Waals surface area (Å²) >= 11 is 0. The molecule has 0 aromatic heterocycles. The normalized spacial score (nSPS) is 10.0. The van der Waals surface area contributed by atoms with E-state index in [0.29, 0.717) is 22.5 Å². The molecule has 2 rings (SSSR count). The topological polar surface area (TPSA) is 78.4 Å². The summed E-state index contributed by atoms with van der Waals surface area (Å²) in [4.78, 5) is 23.0. The van der Waals surface area contributed by atoms with E-state index in [0.717, 1.165) is 0 Å². The number of hydrogen-bond acceptors (Lipinski definition) is 3. The maximum Gasteiger partial charge on any atom is 0.255 e. The van der Waals surface area contributed by atoms with E-state index in [1.165, 1.54) is 13.0 Å². The standard InChI is InChI=1S/C16H16N2O3/c1-10-3-4-12(9-15(10)20)16(21)18-14-7-5-13(6-8-14)17-11(2)19/h3-9,20H,1-2H3,(H,17,19)(H,18,21). The molecule has 0 aliphatic rings. The first kappa shape index (κ1) is 14.6. The molecule has 5 nitrogen and oxygen atoms in total. The van der Waals surface area contributed by atoms with Gasteiger partial charge in [0.1, 0.15) is 5.75 Å². The van der Waals surface area contributed by atoms with Gasteiger partial charge >= 0.3 is 0 Å². The molecule has 0 heterocycles. The van der Waals surface area contributed by atoms with Crippen LogP contribution in [-0.4, -0.2) is 16.9 Å². The molecular weight excluding hydrogens is 268 g/mol. The molecule has 0 saturated carbocycles. The van der Waals surface area contributed by atoms with E-state index in [-0.39, 0.29) is 17.6 Å². The molecule has 2 aromatic rings. The maximum atomic E-state index is 12.0. The summed E-state index contributed by atoms with van der Waals surface area (Å²) in [6, 6.07) is 11.5. The van der Waals surface area contributed by atoms with Crippen molar-refractivity contribution in [2.24, 2.45) is 0 Å². The second-order valence-electron chi connectivity index (χ2n) is 4.71. The van der Waals surface area contributed by atoms with Crippen molar-refractivity contribution in [3.8, 4) is 5.75 Å². The van der Waals surface area contributed by atoms with Crippen molar-refractivity contribution < 1.29 is 14.7 Å². The molecule has 108 valence electrons. The summed E-state index contributed by atoms with van der Waals surface area (Å²) in [7, 11) is 0.